The third-order valence-electron chi connectivity index (χ3n) is 1.80. The van der Waals surface area contributed by atoms with Crippen LogP contribution in [0.25, 0.3) is 0 Å². The van der Waals surface area contributed by atoms with Crippen LogP contribution in [0.15, 0.2) is 18.2 Å². The van der Waals surface area contributed by atoms with Crippen molar-refractivity contribution < 1.29 is 28.5 Å². The fourth-order valence-electron chi connectivity index (χ4n) is 1.19. The van der Waals surface area contributed by atoms with E-state index in [0.717, 1.165) is 0 Å². The van der Waals surface area contributed by atoms with Gasteiger partial charge in [0.15, 0.2) is 13.6 Å². The normalized spacial score (nSPS) is 9.94. The van der Waals surface area contributed by atoms with Crippen LogP contribution in [0.4, 0.5) is 0 Å². The molecule has 0 fully saturated rings. The zero-order valence-corrected chi connectivity index (χ0v) is 10.6. The molecular weight excluding hydrogens is 240 g/mol. The Bertz CT molecular complexity index is 364. The second-order valence-electron chi connectivity index (χ2n) is 3.34. The first kappa shape index (κ1) is 14.3. The molecule has 0 unspecified atom stereocenters. The van der Waals surface area contributed by atoms with Crippen molar-refractivity contribution in [3.8, 4) is 17.2 Å². The molecule has 0 aliphatic rings. The molecule has 1 aromatic rings. The summed E-state index contributed by atoms with van der Waals surface area (Å²) < 4.78 is 25.1. The van der Waals surface area contributed by atoms with E-state index in [4.69, 9.17) is 23.7 Å². The number of hydrogen-bond acceptors (Lipinski definition) is 6. The molecule has 1 rings (SSSR count). The second kappa shape index (κ2) is 7.52. The fraction of sp³-hybridized carbons (Fsp3) is 0.417. The van der Waals surface area contributed by atoms with Crippen LogP contribution in [0.5, 0.6) is 17.2 Å². The maximum Gasteiger partial charge on any atom is 0.308 e. The van der Waals surface area contributed by atoms with Gasteiger partial charge in [0.1, 0.15) is 17.2 Å². The Morgan fingerprint density at radius 1 is 0.944 bits per heavy atom. The van der Waals surface area contributed by atoms with E-state index in [1.807, 2.05) is 0 Å². The minimum Gasteiger partial charge on any atom is -0.467 e. The van der Waals surface area contributed by atoms with Crippen molar-refractivity contribution in [2.24, 2.45) is 0 Å². The predicted octanol–water partition coefficient (Wildman–Crippen LogP) is 1.58. The van der Waals surface area contributed by atoms with Gasteiger partial charge in [-0.05, 0) is 0 Å². The van der Waals surface area contributed by atoms with Gasteiger partial charge in [-0.15, -0.1) is 0 Å². The highest BCUT2D eigenvalue weighted by molar-refractivity contribution is 5.69. The number of carbonyl (C=O) groups excluding carboxylic acids is 1. The number of carbonyl (C=O) groups is 1. The maximum atomic E-state index is 10.9. The minimum atomic E-state index is -0.420. The molecule has 0 spiro atoms. The molecular formula is C12H16O6. The third-order valence-corrected chi connectivity index (χ3v) is 1.80. The van der Waals surface area contributed by atoms with Crippen molar-refractivity contribution >= 4 is 5.97 Å². The largest absolute Gasteiger partial charge is 0.467 e. The lowest BCUT2D eigenvalue weighted by molar-refractivity contribution is -0.131. The van der Waals surface area contributed by atoms with Crippen molar-refractivity contribution in [1.82, 2.24) is 0 Å². The van der Waals surface area contributed by atoms with E-state index in [1.54, 1.807) is 18.2 Å². The van der Waals surface area contributed by atoms with E-state index in [1.165, 1.54) is 21.1 Å². The van der Waals surface area contributed by atoms with Crippen LogP contribution < -0.4 is 14.2 Å². The fourth-order valence-corrected chi connectivity index (χ4v) is 1.19. The Hall–Kier alpha value is -1.79. The zero-order chi connectivity index (χ0) is 13.4. The molecule has 0 bridgehead atoms. The van der Waals surface area contributed by atoms with E-state index in [0.29, 0.717) is 17.2 Å². The molecule has 6 heteroatoms. The lowest BCUT2D eigenvalue weighted by Gasteiger charge is -2.11. The summed E-state index contributed by atoms with van der Waals surface area (Å²) in [5, 5.41) is 0. The van der Waals surface area contributed by atoms with E-state index in [9.17, 15) is 4.79 Å². The lowest BCUT2D eigenvalue weighted by Crippen LogP contribution is -2.05. The first-order valence-electron chi connectivity index (χ1n) is 5.22. The maximum absolute atomic E-state index is 10.9. The van der Waals surface area contributed by atoms with Crippen LogP contribution in [-0.2, 0) is 14.3 Å². The molecule has 0 saturated carbocycles. The van der Waals surface area contributed by atoms with Crippen LogP contribution >= 0.6 is 0 Å². The SMILES string of the molecule is COCOc1cc(OCOC)cc(OC(C)=O)c1. The number of esters is 1. The van der Waals surface area contributed by atoms with Crippen LogP contribution in [0.3, 0.4) is 0 Å². The van der Waals surface area contributed by atoms with Crippen molar-refractivity contribution in [3.05, 3.63) is 18.2 Å². The Labute approximate surface area is 105 Å². The Morgan fingerprint density at radius 2 is 1.39 bits per heavy atom. The number of benzene rings is 1. The number of ether oxygens (including phenoxy) is 5. The summed E-state index contributed by atoms with van der Waals surface area (Å²) in [4.78, 5) is 10.9. The summed E-state index contributed by atoms with van der Waals surface area (Å²) in [6, 6.07) is 4.78. The topological polar surface area (TPSA) is 63.2 Å². The van der Waals surface area contributed by atoms with Gasteiger partial charge in [0.25, 0.3) is 0 Å². The highest BCUT2D eigenvalue weighted by Gasteiger charge is 2.06. The van der Waals surface area contributed by atoms with Gasteiger partial charge in [0.05, 0.1) is 0 Å². The molecule has 0 amide bonds. The van der Waals surface area contributed by atoms with Gasteiger partial charge in [-0.25, -0.2) is 0 Å². The van der Waals surface area contributed by atoms with Gasteiger partial charge in [-0.3, -0.25) is 4.79 Å². The first-order chi connectivity index (χ1) is 8.65. The summed E-state index contributed by atoms with van der Waals surface area (Å²) in [5.74, 6) is 0.863. The van der Waals surface area contributed by atoms with Crippen LogP contribution in [-0.4, -0.2) is 33.8 Å². The molecule has 0 saturated heterocycles. The molecule has 0 aliphatic heterocycles. The average Bonchev–Trinajstić information content (AvgIpc) is 2.33. The summed E-state index contributed by atoms with van der Waals surface area (Å²) in [6.45, 7) is 1.50. The van der Waals surface area contributed by atoms with Gasteiger partial charge < -0.3 is 23.7 Å². The van der Waals surface area contributed by atoms with Crippen molar-refractivity contribution in [2.45, 2.75) is 6.92 Å². The quantitative estimate of drug-likeness (QED) is 0.419. The first-order valence-corrected chi connectivity index (χ1v) is 5.22. The summed E-state index contributed by atoms with van der Waals surface area (Å²) in [5.41, 5.74) is 0. The van der Waals surface area contributed by atoms with Crippen molar-refractivity contribution in [2.75, 3.05) is 27.8 Å². The van der Waals surface area contributed by atoms with Crippen LogP contribution in [0, 0.1) is 0 Å². The minimum absolute atomic E-state index is 0.0905. The predicted molar refractivity (Wildman–Crippen MR) is 62.8 cm³/mol. The Balaban J connectivity index is 2.84. The average molecular weight is 256 g/mol. The van der Waals surface area contributed by atoms with Crippen LogP contribution in [0.2, 0.25) is 0 Å². The molecule has 0 heterocycles. The molecule has 0 aromatic heterocycles. The molecule has 0 aliphatic carbocycles. The van der Waals surface area contributed by atoms with Crippen molar-refractivity contribution in [1.29, 1.82) is 0 Å². The molecule has 18 heavy (non-hydrogen) atoms. The molecule has 6 nitrogen and oxygen atoms in total. The summed E-state index contributed by atoms with van der Waals surface area (Å²) in [6.07, 6.45) is 0. The lowest BCUT2D eigenvalue weighted by atomic mass is 10.3. The third kappa shape index (κ3) is 5.03. The summed E-state index contributed by atoms with van der Waals surface area (Å²) in [7, 11) is 3.02. The molecule has 0 N–H and O–H groups in total. The summed E-state index contributed by atoms with van der Waals surface area (Å²) >= 11 is 0. The number of methoxy groups -OCH3 is 2. The van der Waals surface area contributed by atoms with E-state index in [2.05, 4.69) is 0 Å². The highest BCUT2D eigenvalue weighted by atomic mass is 16.7. The zero-order valence-electron chi connectivity index (χ0n) is 10.6. The van der Waals surface area contributed by atoms with E-state index in [-0.39, 0.29) is 13.6 Å². The highest BCUT2D eigenvalue weighted by Crippen LogP contribution is 2.28. The monoisotopic (exact) mass is 256 g/mol. The van der Waals surface area contributed by atoms with Crippen molar-refractivity contribution in [3.63, 3.8) is 0 Å². The van der Waals surface area contributed by atoms with Gasteiger partial charge in [-0.2, -0.15) is 0 Å². The smallest absolute Gasteiger partial charge is 0.308 e. The molecule has 0 atom stereocenters. The van der Waals surface area contributed by atoms with Gasteiger partial charge in [-0.1, -0.05) is 0 Å². The van der Waals surface area contributed by atoms with Crippen LogP contribution in [0.1, 0.15) is 6.92 Å². The van der Waals surface area contributed by atoms with E-state index < -0.39 is 5.97 Å². The second-order valence-corrected chi connectivity index (χ2v) is 3.34. The molecule has 1 aromatic carbocycles. The standard InChI is InChI=1S/C12H16O6/c1-9(13)18-12-5-10(16-7-14-2)4-11(6-12)17-8-15-3/h4-6H,7-8H2,1-3H3. The van der Waals surface area contributed by atoms with E-state index >= 15 is 0 Å². The Morgan fingerprint density at radius 3 is 1.78 bits per heavy atom. The Kier molecular flexibility index (Phi) is 5.96. The molecule has 100 valence electrons. The van der Waals surface area contributed by atoms with Gasteiger partial charge in [0.2, 0.25) is 0 Å². The molecule has 0 radical (unpaired) electrons. The van der Waals surface area contributed by atoms with Gasteiger partial charge in [0, 0.05) is 39.3 Å². The van der Waals surface area contributed by atoms with Gasteiger partial charge >= 0.3 is 5.97 Å². The number of hydrogen-bond donors (Lipinski definition) is 0. The number of rotatable bonds is 7.